The lowest BCUT2D eigenvalue weighted by Crippen LogP contribution is -2.63. The summed E-state index contributed by atoms with van der Waals surface area (Å²) in [6.07, 6.45) is 2.54. The molecule has 11 N–H and O–H groups in total. The molecule has 0 aliphatic carbocycles. The van der Waals surface area contributed by atoms with Crippen LogP contribution in [0.3, 0.4) is 0 Å². The number of carbonyl (C=O) groups excluding carboxylic acids is 8. The highest BCUT2D eigenvalue weighted by Gasteiger charge is 2.48. The van der Waals surface area contributed by atoms with E-state index in [0.29, 0.717) is 12.0 Å². The maximum absolute atomic E-state index is 14.2. The van der Waals surface area contributed by atoms with Crippen LogP contribution >= 0.6 is 0 Å². The van der Waals surface area contributed by atoms with Crippen LogP contribution in [0.4, 0.5) is 0 Å². The second-order valence-electron chi connectivity index (χ2n) is 19.2. The second-order valence-corrected chi connectivity index (χ2v) is 19.2. The van der Waals surface area contributed by atoms with Crippen molar-refractivity contribution in [2.75, 3.05) is 26.2 Å². The molecule has 386 valence electrons. The quantitative estimate of drug-likeness (QED) is 0.0772. The van der Waals surface area contributed by atoms with Crippen LogP contribution in [0.2, 0.25) is 0 Å². The van der Waals surface area contributed by atoms with Crippen LogP contribution in [0, 0.1) is 11.8 Å². The molecule has 3 aliphatic heterocycles. The summed E-state index contributed by atoms with van der Waals surface area (Å²) in [5.41, 5.74) is 0.397. The average molecular weight is 974 g/mol. The first-order chi connectivity index (χ1) is 32.7. The van der Waals surface area contributed by atoms with E-state index in [0.717, 1.165) is 47.8 Å². The summed E-state index contributed by atoms with van der Waals surface area (Å²) >= 11 is 0. The van der Waals surface area contributed by atoms with Crippen LogP contribution < -0.4 is 26.6 Å². The van der Waals surface area contributed by atoms with Gasteiger partial charge >= 0.3 is 0 Å². The number of nitrogens with zero attached hydrogens (tertiary/aromatic N) is 2. The maximum Gasteiger partial charge on any atom is 0.248 e. The number of rotatable bonds is 18. The fourth-order valence-electron chi connectivity index (χ4n) is 9.01. The molecule has 3 aliphatic rings. The van der Waals surface area contributed by atoms with Crippen molar-refractivity contribution in [2.45, 2.75) is 178 Å². The zero-order valence-corrected chi connectivity index (χ0v) is 40.3. The number of nitrogens with one attached hydrogen (secondary N) is 5. The zero-order valence-electron chi connectivity index (χ0n) is 40.3. The number of unbranched alkanes of at least 4 members (excludes halogenated alkanes) is 7. The molecule has 1 aromatic rings. The Hall–Kier alpha value is -5.22. The highest BCUT2D eigenvalue weighted by Crippen LogP contribution is 2.26. The summed E-state index contributed by atoms with van der Waals surface area (Å²) in [6.45, 7) is 4.69. The lowest BCUT2D eigenvalue weighted by Gasteiger charge is -2.32. The van der Waals surface area contributed by atoms with E-state index >= 15 is 0 Å². The third kappa shape index (κ3) is 16.4. The Kier molecular flexibility index (Phi) is 22.3. The van der Waals surface area contributed by atoms with Gasteiger partial charge in [0.15, 0.2) is 5.78 Å². The first-order valence-electron chi connectivity index (χ1n) is 24.5. The molecule has 4 rings (SSSR count). The molecule has 21 nitrogen and oxygen atoms in total. The van der Waals surface area contributed by atoms with Crippen molar-refractivity contribution in [3.05, 3.63) is 29.8 Å². The van der Waals surface area contributed by atoms with Gasteiger partial charge in [0.05, 0.1) is 37.6 Å². The van der Waals surface area contributed by atoms with Crippen molar-refractivity contribution < 1.29 is 69.0 Å². The fraction of sp³-hybridized carbons (Fsp3) is 0.708. The number of aliphatic hydroxyl groups excluding tert-OH is 5. The number of fused-ring (bicyclic) bond motifs is 2. The first-order valence-corrected chi connectivity index (χ1v) is 24.5. The van der Waals surface area contributed by atoms with Crippen LogP contribution in [0.25, 0.3) is 0 Å². The van der Waals surface area contributed by atoms with E-state index in [1.807, 2.05) is 0 Å². The Bertz CT molecular complexity index is 1920. The van der Waals surface area contributed by atoms with E-state index in [4.69, 9.17) is 0 Å². The number of aliphatic hydroxyl groups is 5. The van der Waals surface area contributed by atoms with Crippen molar-refractivity contribution in [3.8, 4) is 5.75 Å². The predicted molar refractivity (Wildman–Crippen MR) is 249 cm³/mol. The number of hydrogen-bond acceptors (Lipinski definition) is 14. The summed E-state index contributed by atoms with van der Waals surface area (Å²) in [4.78, 5) is 113. The summed E-state index contributed by atoms with van der Waals surface area (Å²) in [5, 5.41) is 76.4. The molecule has 0 radical (unpaired) electrons. The summed E-state index contributed by atoms with van der Waals surface area (Å²) in [6, 6.07) is -4.78. The molecule has 7 amide bonds. The van der Waals surface area contributed by atoms with Crippen molar-refractivity contribution in [1.82, 2.24) is 36.4 Å². The van der Waals surface area contributed by atoms with Gasteiger partial charge in [0, 0.05) is 44.7 Å². The van der Waals surface area contributed by atoms with Crippen molar-refractivity contribution >= 4 is 47.1 Å². The molecule has 21 heteroatoms. The Morgan fingerprint density at radius 2 is 1.41 bits per heavy atom. The third-order valence-corrected chi connectivity index (χ3v) is 13.4. The van der Waals surface area contributed by atoms with Gasteiger partial charge in [-0.05, 0) is 37.0 Å². The van der Waals surface area contributed by atoms with Gasteiger partial charge in [0.2, 0.25) is 41.4 Å². The molecular weight excluding hydrogens is 899 g/mol. The molecule has 0 saturated carbocycles. The summed E-state index contributed by atoms with van der Waals surface area (Å²) in [7, 11) is 0. The van der Waals surface area contributed by atoms with Gasteiger partial charge in [0.25, 0.3) is 0 Å². The molecule has 0 aromatic heterocycles. The van der Waals surface area contributed by atoms with Crippen molar-refractivity contribution in [3.63, 3.8) is 0 Å². The van der Waals surface area contributed by atoms with Gasteiger partial charge in [0.1, 0.15) is 42.0 Å². The maximum atomic E-state index is 14.2. The van der Waals surface area contributed by atoms with Crippen LogP contribution in [-0.4, -0.2) is 174 Å². The number of amides is 7. The lowest BCUT2D eigenvalue weighted by molar-refractivity contribution is -0.146. The third-order valence-electron chi connectivity index (χ3n) is 13.4. The van der Waals surface area contributed by atoms with Crippen molar-refractivity contribution in [1.29, 1.82) is 0 Å². The van der Waals surface area contributed by atoms with Crippen LogP contribution in [0.1, 0.15) is 117 Å². The Morgan fingerprint density at radius 1 is 0.783 bits per heavy atom. The Morgan fingerprint density at radius 3 is 2.03 bits per heavy atom. The number of phenolic OH excluding ortho intramolecular Hbond substituents is 1. The molecule has 3 heterocycles. The number of aromatic hydroxyl groups is 1. The fourth-order valence-corrected chi connectivity index (χ4v) is 9.01. The average Bonchev–Trinajstić information content (AvgIpc) is 3.85. The van der Waals surface area contributed by atoms with E-state index in [1.165, 1.54) is 56.9 Å². The van der Waals surface area contributed by atoms with Crippen LogP contribution in [-0.2, 0) is 44.8 Å². The van der Waals surface area contributed by atoms with Gasteiger partial charge in [-0.2, -0.15) is 0 Å². The summed E-state index contributed by atoms with van der Waals surface area (Å²) in [5.74, 6) is -7.84. The molecule has 3 fully saturated rings. The van der Waals surface area contributed by atoms with Crippen molar-refractivity contribution in [2.24, 2.45) is 11.8 Å². The number of hydrogen-bond donors (Lipinski definition) is 11. The summed E-state index contributed by atoms with van der Waals surface area (Å²) < 4.78 is 0. The largest absolute Gasteiger partial charge is 0.508 e. The normalized spacial score (nSPS) is 28.1. The topological polar surface area (TPSA) is 325 Å². The minimum absolute atomic E-state index is 0.00325. The molecule has 69 heavy (non-hydrogen) atoms. The second kappa shape index (κ2) is 27.2. The molecule has 0 bridgehead atoms. The number of Topliss-reactive ketones (excluding diaryl/α,β-unsaturated/α-hetero) is 1. The van der Waals surface area contributed by atoms with E-state index in [2.05, 4.69) is 40.4 Å². The standard InChI is InChI=1S/C48H75N7O14/c1-5-27(2)14-12-10-8-6-7-9-11-13-15-38(62)50-34-21-32(59)23-49-46(67)41-42(63)28(3)24-55(41)47(68)35(26-56)51-45(66)40(37(61)20-30-16-18-31(58)19-17-30)53-44(65)36-22-33(60)25-54(36)48(69)39(29(4)57)52-43(34)64/h16-19,27-29,33-37,39-42,56-58,60-61,63H,5-15,20-26H2,1-4H3,(H,49,67)(H,50,62)(H,51,66)(H,52,64)(H,53,65)/t27-,28-,29+,33+,34-,35-,36-,37-,39-,40-,41-,42-/m0/s1. The highest BCUT2D eigenvalue weighted by molar-refractivity contribution is 6.00. The van der Waals surface area contributed by atoms with Gasteiger partial charge in [-0.15, -0.1) is 0 Å². The van der Waals surface area contributed by atoms with Gasteiger partial charge in [-0.1, -0.05) is 90.7 Å². The van der Waals surface area contributed by atoms with E-state index in [9.17, 15) is 69.0 Å². The zero-order chi connectivity index (χ0) is 50.9. The highest BCUT2D eigenvalue weighted by atomic mass is 16.3. The number of phenols is 1. The SMILES string of the molecule is CC[C@H](C)CCCCCCCCCCC(=O)N[C@H]1CC(=O)CNC(=O)[C@@H]2[C@@H](O)[C@@H](C)CN2C(=O)[C@H](CO)NC(=O)[C@H]([C@@H](O)Cc2ccc(O)cc2)NC(=O)[C@@H]2C[C@@H](O)CN2C(=O)[C@H]([C@@H](C)O)NC1=O. The lowest BCUT2D eigenvalue weighted by atomic mass is 9.99. The van der Waals surface area contributed by atoms with Crippen LogP contribution in [0.5, 0.6) is 5.75 Å². The molecular formula is C48H75N7O14. The Balaban J connectivity index is 1.61. The molecule has 1 aromatic carbocycles. The van der Waals surface area contributed by atoms with Gasteiger partial charge in [-0.3, -0.25) is 38.4 Å². The molecule has 3 saturated heterocycles. The monoisotopic (exact) mass is 974 g/mol. The number of benzene rings is 1. The number of carbonyl (C=O) groups is 8. The molecule has 0 unspecified atom stereocenters. The van der Waals surface area contributed by atoms with E-state index < -0.39 is 140 Å². The van der Waals surface area contributed by atoms with Gasteiger partial charge in [-0.25, -0.2) is 0 Å². The van der Waals surface area contributed by atoms with Gasteiger partial charge < -0.3 is 67.0 Å². The van der Waals surface area contributed by atoms with Crippen LogP contribution in [0.15, 0.2) is 24.3 Å². The minimum atomic E-state index is -1.91. The molecule has 0 spiro atoms. The minimum Gasteiger partial charge on any atom is -0.508 e. The Labute approximate surface area is 403 Å². The van der Waals surface area contributed by atoms with E-state index in [1.54, 1.807) is 6.92 Å². The first kappa shape index (κ1) is 56.4. The molecule has 12 atom stereocenters. The smallest absolute Gasteiger partial charge is 0.248 e. The number of ketones is 1. The van der Waals surface area contributed by atoms with E-state index in [-0.39, 0.29) is 31.6 Å². The predicted octanol–water partition coefficient (Wildman–Crippen LogP) is -1.19.